The number of ether oxygens (including phenoxy) is 1. The molecular formula is C25H27NO3. The van der Waals surface area contributed by atoms with Gasteiger partial charge in [-0.2, -0.15) is 0 Å². The summed E-state index contributed by atoms with van der Waals surface area (Å²) < 4.78 is 6.38. The number of carboxylic acid groups (broad SMARTS) is 1. The number of aryl methyl sites for hydroxylation is 1. The zero-order chi connectivity index (χ0) is 19.8. The smallest absolute Gasteiger partial charge is 0.303 e. The fourth-order valence-electron chi connectivity index (χ4n) is 5.33. The van der Waals surface area contributed by atoms with Crippen molar-refractivity contribution in [1.29, 1.82) is 0 Å². The van der Waals surface area contributed by atoms with Crippen molar-refractivity contribution in [1.82, 2.24) is 4.98 Å². The van der Waals surface area contributed by atoms with E-state index >= 15 is 0 Å². The van der Waals surface area contributed by atoms with Crippen molar-refractivity contribution in [3.63, 3.8) is 0 Å². The van der Waals surface area contributed by atoms with E-state index in [0.717, 1.165) is 51.8 Å². The summed E-state index contributed by atoms with van der Waals surface area (Å²) in [6.07, 6.45) is 8.09. The Kier molecular flexibility index (Phi) is 4.78. The lowest BCUT2D eigenvalue weighted by atomic mass is 9.89. The van der Waals surface area contributed by atoms with E-state index in [4.69, 9.17) is 9.84 Å². The summed E-state index contributed by atoms with van der Waals surface area (Å²) in [7, 11) is 0. The van der Waals surface area contributed by atoms with Crippen LogP contribution in [0.4, 0.5) is 0 Å². The topological polar surface area (TPSA) is 62.3 Å². The SMILES string of the molecule is O=C(O)CCc1ccc(OCC2CC3CCC2C3)c(-c2ccc3[nH]ccc3c2)c1. The van der Waals surface area contributed by atoms with E-state index in [-0.39, 0.29) is 6.42 Å². The molecule has 2 aliphatic carbocycles. The van der Waals surface area contributed by atoms with Gasteiger partial charge in [0.25, 0.3) is 0 Å². The predicted octanol–water partition coefficient (Wildman–Crippen LogP) is 5.67. The molecular weight excluding hydrogens is 362 g/mol. The van der Waals surface area contributed by atoms with Crippen LogP contribution in [0.3, 0.4) is 0 Å². The standard InChI is InChI=1S/C25H27NO3/c27-25(28)8-3-16-2-7-24(29-15-21-12-17-1-4-18(21)11-17)22(13-16)19-5-6-23-20(14-19)9-10-26-23/h2,5-7,9-10,13-14,17-18,21,26H,1,3-4,8,11-12,15H2,(H,27,28). The Balaban J connectivity index is 1.43. The molecule has 4 heteroatoms. The first kappa shape index (κ1) is 18.3. The maximum absolute atomic E-state index is 11.0. The minimum absolute atomic E-state index is 0.141. The molecule has 1 aromatic heterocycles. The molecule has 2 aromatic carbocycles. The number of aromatic nitrogens is 1. The highest BCUT2D eigenvalue weighted by molar-refractivity contribution is 5.86. The molecule has 1 heterocycles. The summed E-state index contributed by atoms with van der Waals surface area (Å²) in [5, 5.41) is 10.2. The third kappa shape index (κ3) is 3.76. The summed E-state index contributed by atoms with van der Waals surface area (Å²) in [6, 6.07) is 14.6. The van der Waals surface area contributed by atoms with E-state index in [9.17, 15) is 4.79 Å². The highest BCUT2D eigenvalue weighted by Crippen LogP contribution is 2.48. The van der Waals surface area contributed by atoms with Gasteiger partial charge in [0.05, 0.1) is 6.61 Å². The van der Waals surface area contributed by atoms with Crippen molar-refractivity contribution in [2.24, 2.45) is 17.8 Å². The minimum Gasteiger partial charge on any atom is -0.493 e. The molecule has 2 bridgehead atoms. The van der Waals surface area contributed by atoms with Crippen LogP contribution < -0.4 is 4.74 Å². The summed E-state index contributed by atoms with van der Waals surface area (Å²) in [5.41, 5.74) is 4.31. The lowest BCUT2D eigenvalue weighted by Gasteiger charge is -2.23. The molecule has 5 rings (SSSR count). The monoisotopic (exact) mass is 389 g/mol. The molecule has 2 saturated carbocycles. The maximum Gasteiger partial charge on any atom is 0.303 e. The van der Waals surface area contributed by atoms with Crippen molar-refractivity contribution in [3.05, 3.63) is 54.2 Å². The van der Waals surface area contributed by atoms with E-state index in [0.29, 0.717) is 12.3 Å². The van der Waals surface area contributed by atoms with Gasteiger partial charge in [0.15, 0.2) is 0 Å². The van der Waals surface area contributed by atoms with Gasteiger partial charge in [-0.3, -0.25) is 4.79 Å². The number of aromatic amines is 1. The van der Waals surface area contributed by atoms with Crippen molar-refractivity contribution in [2.75, 3.05) is 6.61 Å². The first-order valence-electron chi connectivity index (χ1n) is 10.7. The summed E-state index contributed by atoms with van der Waals surface area (Å²) >= 11 is 0. The number of H-pyrrole nitrogens is 1. The average Bonchev–Trinajstić information content (AvgIpc) is 3.47. The lowest BCUT2D eigenvalue weighted by Crippen LogP contribution is -2.18. The van der Waals surface area contributed by atoms with Crippen LogP contribution in [0.2, 0.25) is 0 Å². The maximum atomic E-state index is 11.0. The van der Waals surface area contributed by atoms with Gasteiger partial charge in [-0.25, -0.2) is 0 Å². The molecule has 2 fully saturated rings. The Hall–Kier alpha value is -2.75. The average molecular weight is 389 g/mol. The quantitative estimate of drug-likeness (QED) is 0.547. The number of hydrogen-bond donors (Lipinski definition) is 2. The second kappa shape index (κ2) is 7.58. The molecule has 0 spiro atoms. The predicted molar refractivity (Wildman–Crippen MR) is 114 cm³/mol. The zero-order valence-corrected chi connectivity index (χ0v) is 16.6. The molecule has 29 heavy (non-hydrogen) atoms. The van der Waals surface area contributed by atoms with E-state index in [2.05, 4.69) is 35.3 Å². The Morgan fingerprint density at radius 3 is 2.83 bits per heavy atom. The molecule has 0 aliphatic heterocycles. The number of aliphatic carboxylic acids is 1. The molecule has 2 N–H and O–H groups in total. The van der Waals surface area contributed by atoms with Crippen LogP contribution in [0, 0.1) is 17.8 Å². The highest BCUT2D eigenvalue weighted by Gasteiger charge is 2.39. The Morgan fingerprint density at radius 1 is 1.10 bits per heavy atom. The van der Waals surface area contributed by atoms with Gasteiger partial charge < -0.3 is 14.8 Å². The van der Waals surface area contributed by atoms with Crippen molar-refractivity contribution >= 4 is 16.9 Å². The first-order valence-corrected chi connectivity index (χ1v) is 10.7. The molecule has 3 atom stereocenters. The van der Waals surface area contributed by atoms with Gasteiger partial charge >= 0.3 is 5.97 Å². The lowest BCUT2D eigenvalue weighted by molar-refractivity contribution is -0.136. The summed E-state index contributed by atoms with van der Waals surface area (Å²) in [4.78, 5) is 14.2. The van der Waals surface area contributed by atoms with E-state index in [1.54, 1.807) is 0 Å². The third-order valence-corrected chi connectivity index (χ3v) is 6.87. The fourth-order valence-corrected chi connectivity index (χ4v) is 5.33. The zero-order valence-electron chi connectivity index (χ0n) is 16.6. The largest absolute Gasteiger partial charge is 0.493 e. The highest BCUT2D eigenvalue weighted by atomic mass is 16.5. The van der Waals surface area contributed by atoms with Crippen LogP contribution in [0.1, 0.15) is 37.7 Å². The van der Waals surface area contributed by atoms with Gasteiger partial charge in [0.2, 0.25) is 0 Å². The Bertz CT molecular complexity index is 1040. The van der Waals surface area contributed by atoms with Crippen molar-refractivity contribution < 1.29 is 14.6 Å². The molecule has 0 saturated heterocycles. The third-order valence-electron chi connectivity index (χ3n) is 6.87. The van der Waals surface area contributed by atoms with Gasteiger partial charge in [-0.05, 0) is 90.3 Å². The second-order valence-corrected chi connectivity index (χ2v) is 8.75. The van der Waals surface area contributed by atoms with Crippen LogP contribution in [-0.4, -0.2) is 22.7 Å². The van der Waals surface area contributed by atoms with Gasteiger partial charge in [-0.1, -0.05) is 18.6 Å². The molecule has 3 unspecified atom stereocenters. The summed E-state index contributed by atoms with van der Waals surface area (Å²) in [5.74, 6) is 2.58. The second-order valence-electron chi connectivity index (χ2n) is 8.75. The number of carbonyl (C=O) groups is 1. The van der Waals surface area contributed by atoms with Gasteiger partial charge in [0, 0.05) is 23.7 Å². The number of nitrogens with one attached hydrogen (secondary N) is 1. The Labute approximate surface area is 170 Å². The van der Waals surface area contributed by atoms with Crippen LogP contribution in [0.15, 0.2) is 48.7 Å². The molecule has 3 aromatic rings. The van der Waals surface area contributed by atoms with Gasteiger partial charge in [-0.15, -0.1) is 0 Å². The Morgan fingerprint density at radius 2 is 2.03 bits per heavy atom. The molecule has 150 valence electrons. The minimum atomic E-state index is -0.767. The van der Waals surface area contributed by atoms with Crippen LogP contribution in [-0.2, 0) is 11.2 Å². The molecule has 0 radical (unpaired) electrons. The van der Waals surface area contributed by atoms with Crippen molar-refractivity contribution in [2.45, 2.75) is 38.5 Å². The van der Waals surface area contributed by atoms with E-state index < -0.39 is 5.97 Å². The number of fused-ring (bicyclic) bond motifs is 3. The van der Waals surface area contributed by atoms with Crippen molar-refractivity contribution in [3.8, 4) is 16.9 Å². The van der Waals surface area contributed by atoms with Crippen LogP contribution >= 0.6 is 0 Å². The number of rotatable bonds is 7. The normalized spacial score (nSPS) is 23.0. The van der Waals surface area contributed by atoms with Crippen LogP contribution in [0.5, 0.6) is 5.75 Å². The first-order chi connectivity index (χ1) is 14.2. The molecule has 4 nitrogen and oxygen atoms in total. The molecule has 0 amide bonds. The van der Waals surface area contributed by atoms with Gasteiger partial charge in [0.1, 0.15) is 5.75 Å². The number of carboxylic acids is 1. The number of hydrogen-bond acceptors (Lipinski definition) is 2. The van der Waals surface area contributed by atoms with E-state index in [1.807, 2.05) is 18.3 Å². The van der Waals surface area contributed by atoms with E-state index in [1.165, 1.54) is 25.7 Å². The number of benzene rings is 2. The fraction of sp³-hybridized carbons (Fsp3) is 0.400. The van der Waals surface area contributed by atoms with Crippen LogP contribution in [0.25, 0.3) is 22.0 Å². The summed E-state index contributed by atoms with van der Waals surface area (Å²) in [6.45, 7) is 0.787. The molecule has 2 aliphatic rings.